The predicted molar refractivity (Wildman–Crippen MR) is 117 cm³/mol. The van der Waals surface area contributed by atoms with Gasteiger partial charge < -0.3 is 5.32 Å². The third-order valence-corrected chi connectivity index (χ3v) is 5.51. The van der Waals surface area contributed by atoms with Crippen molar-refractivity contribution in [3.05, 3.63) is 107 Å². The molecule has 1 unspecified atom stereocenters. The Bertz CT molecular complexity index is 1050. The van der Waals surface area contributed by atoms with Crippen LogP contribution in [0, 0.1) is 0 Å². The Balaban J connectivity index is 1.46. The Hall–Kier alpha value is -3.31. The van der Waals surface area contributed by atoms with Crippen molar-refractivity contribution in [2.45, 2.75) is 18.9 Å². The summed E-state index contributed by atoms with van der Waals surface area (Å²) in [6.07, 6.45) is 2.74. The number of carbonyl (C=O) groups excluding carboxylic acids is 1. The lowest BCUT2D eigenvalue weighted by molar-refractivity contribution is -0.121. The van der Waals surface area contributed by atoms with Crippen LogP contribution in [0.3, 0.4) is 0 Å². The van der Waals surface area contributed by atoms with Gasteiger partial charge in [0.1, 0.15) is 5.01 Å². The summed E-state index contributed by atoms with van der Waals surface area (Å²) in [4.78, 5) is 21.7. The summed E-state index contributed by atoms with van der Waals surface area (Å²) in [5, 5.41) is 5.95. The molecule has 1 N–H and O–H groups in total. The van der Waals surface area contributed by atoms with E-state index < -0.39 is 0 Å². The Morgan fingerprint density at radius 2 is 1.66 bits per heavy atom. The molecule has 4 rings (SSSR count). The molecule has 0 aliphatic carbocycles. The lowest BCUT2D eigenvalue weighted by atomic mass is 9.98. The number of nitrogens with one attached hydrogen (secondary N) is 1. The zero-order chi connectivity index (χ0) is 19.9. The van der Waals surface area contributed by atoms with Crippen molar-refractivity contribution < 1.29 is 4.79 Å². The van der Waals surface area contributed by atoms with Crippen molar-refractivity contribution in [2.75, 3.05) is 0 Å². The topological polar surface area (TPSA) is 54.9 Å². The summed E-state index contributed by atoms with van der Waals surface area (Å²) in [7, 11) is 0. The SMILES string of the molecule is O=C(Cc1csc(-c2ccccn2)n1)NC(Cc1ccccc1)c1ccccc1. The largest absolute Gasteiger partial charge is 0.349 e. The average molecular weight is 400 g/mol. The van der Waals surface area contributed by atoms with E-state index in [1.165, 1.54) is 16.9 Å². The standard InChI is InChI=1S/C24H21N3OS/c28-23(16-20-17-29-24(26-20)21-13-7-8-14-25-21)27-22(19-11-5-2-6-12-19)15-18-9-3-1-4-10-18/h1-14,17,22H,15-16H2,(H,27,28). The van der Waals surface area contributed by atoms with Gasteiger partial charge in [-0.3, -0.25) is 9.78 Å². The zero-order valence-corrected chi connectivity index (χ0v) is 16.7. The number of aromatic nitrogens is 2. The molecule has 0 aliphatic rings. The lowest BCUT2D eigenvalue weighted by Crippen LogP contribution is -2.31. The first-order valence-electron chi connectivity index (χ1n) is 9.52. The molecule has 0 saturated carbocycles. The van der Waals surface area contributed by atoms with E-state index in [1.54, 1.807) is 6.20 Å². The van der Waals surface area contributed by atoms with Crippen LogP contribution in [0.2, 0.25) is 0 Å². The minimum Gasteiger partial charge on any atom is -0.349 e. The van der Waals surface area contributed by atoms with E-state index in [0.717, 1.165) is 28.4 Å². The average Bonchev–Trinajstić information content (AvgIpc) is 3.24. The van der Waals surface area contributed by atoms with Gasteiger partial charge in [-0.15, -0.1) is 11.3 Å². The minimum absolute atomic E-state index is 0.0346. The van der Waals surface area contributed by atoms with Crippen molar-refractivity contribution in [2.24, 2.45) is 0 Å². The number of carbonyl (C=O) groups is 1. The van der Waals surface area contributed by atoms with Gasteiger partial charge in [0.15, 0.2) is 0 Å². The van der Waals surface area contributed by atoms with Gasteiger partial charge in [-0.1, -0.05) is 66.7 Å². The molecule has 2 aromatic heterocycles. The van der Waals surface area contributed by atoms with E-state index >= 15 is 0 Å². The zero-order valence-electron chi connectivity index (χ0n) is 15.9. The molecule has 0 spiro atoms. The van der Waals surface area contributed by atoms with Gasteiger partial charge in [-0.05, 0) is 29.7 Å². The first-order valence-corrected chi connectivity index (χ1v) is 10.4. The first-order chi connectivity index (χ1) is 14.3. The van der Waals surface area contributed by atoms with Crippen LogP contribution in [0.5, 0.6) is 0 Å². The van der Waals surface area contributed by atoms with Crippen molar-refractivity contribution in [3.8, 4) is 10.7 Å². The maximum absolute atomic E-state index is 12.8. The molecule has 5 heteroatoms. The molecule has 29 heavy (non-hydrogen) atoms. The highest BCUT2D eigenvalue weighted by Crippen LogP contribution is 2.22. The summed E-state index contributed by atoms with van der Waals surface area (Å²) in [5.41, 5.74) is 3.87. The third-order valence-electron chi connectivity index (χ3n) is 4.60. The highest BCUT2D eigenvalue weighted by molar-refractivity contribution is 7.13. The summed E-state index contributed by atoms with van der Waals surface area (Å²) >= 11 is 1.51. The molecule has 1 atom stereocenters. The maximum atomic E-state index is 12.8. The molecule has 0 fully saturated rings. The molecule has 2 aromatic carbocycles. The van der Waals surface area contributed by atoms with Crippen LogP contribution in [-0.4, -0.2) is 15.9 Å². The molecule has 0 bridgehead atoms. The van der Waals surface area contributed by atoms with E-state index in [1.807, 2.05) is 60.0 Å². The van der Waals surface area contributed by atoms with Crippen LogP contribution in [0.25, 0.3) is 10.7 Å². The fourth-order valence-corrected chi connectivity index (χ4v) is 3.99. The molecular weight excluding hydrogens is 378 g/mol. The van der Waals surface area contributed by atoms with Gasteiger partial charge in [0.25, 0.3) is 0 Å². The molecule has 0 aliphatic heterocycles. The van der Waals surface area contributed by atoms with E-state index in [0.29, 0.717) is 0 Å². The number of rotatable bonds is 7. The van der Waals surface area contributed by atoms with Crippen LogP contribution < -0.4 is 5.32 Å². The van der Waals surface area contributed by atoms with Gasteiger partial charge in [0, 0.05) is 11.6 Å². The summed E-state index contributed by atoms with van der Waals surface area (Å²) < 4.78 is 0. The van der Waals surface area contributed by atoms with Crippen molar-refractivity contribution in [3.63, 3.8) is 0 Å². The number of thiazole rings is 1. The lowest BCUT2D eigenvalue weighted by Gasteiger charge is -2.19. The number of hydrogen-bond donors (Lipinski definition) is 1. The molecule has 0 radical (unpaired) electrons. The molecule has 0 saturated heterocycles. The summed E-state index contributed by atoms with van der Waals surface area (Å²) in [6, 6.07) is 26.0. The molecular formula is C24H21N3OS. The molecule has 144 valence electrons. The van der Waals surface area contributed by atoms with Crippen LogP contribution in [0.15, 0.2) is 90.4 Å². The molecule has 4 nitrogen and oxygen atoms in total. The fourth-order valence-electron chi connectivity index (χ4n) is 3.19. The van der Waals surface area contributed by atoms with Crippen LogP contribution in [-0.2, 0) is 17.6 Å². The van der Waals surface area contributed by atoms with Crippen LogP contribution in [0.4, 0.5) is 0 Å². The normalized spacial score (nSPS) is 11.7. The monoisotopic (exact) mass is 399 g/mol. The highest BCUT2D eigenvalue weighted by atomic mass is 32.1. The van der Waals surface area contributed by atoms with E-state index in [4.69, 9.17) is 0 Å². The fraction of sp³-hybridized carbons (Fsp3) is 0.125. The van der Waals surface area contributed by atoms with Gasteiger partial charge >= 0.3 is 0 Å². The number of amides is 1. The number of nitrogens with zero attached hydrogens (tertiary/aromatic N) is 2. The highest BCUT2D eigenvalue weighted by Gasteiger charge is 2.17. The number of benzene rings is 2. The second-order valence-electron chi connectivity index (χ2n) is 6.76. The predicted octanol–water partition coefficient (Wildman–Crippen LogP) is 4.85. The number of hydrogen-bond acceptors (Lipinski definition) is 4. The third kappa shape index (κ3) is 5.15. The summed E-state index contributed by atoms with van der Waals surface area (Å²) in [5.74, 6) is -0.0346. The minimum atomic E-state index is -0.0833. The van der Waals surface area contributed by atoms with Gasteiger partial charge in [0.2, 0.25) is 5.91 Å². The Morgan fingerprint density at radius 3 is 2.38 bits per heavy atom. The summed E-state index contributed by atoms with van der Waals surface area (Å²) in [6.45, 7) is 0. The van der Waals surface area contributed by atoms with Crippen molar-refractivity contribution >= 4 is 17.2 Å². The van der Waals surface area contributed by atoms with E-state index in [9.17, 15) is 4.79 Å². The second kappa shape index (κ2) is 9.26. The van der Waals surface area contributed by atoms with Crippen molar-refractivity contribution in [1.82, 2.24) is 15.3 Å². The first kappa shape index (κ1) is 19.0. The Labute approximate surface area is 174 Å². The number of pyridine rings is 1. The van der Waals surface area contributed by atoms with E-state index in [2.05, 4.69) is 39.6 Å². The van der Waals surface area contributed by atoms with Gasteiger partial charge in [-0.2, -0.15) is 0 Å². The van der Waals surface area contributed by atoms with Crippen LogP contribution >= 0.6 is 11.3 Å². The Morgan fingerprint density at radius 1 is 0.931 bits per heavy atom. The van der Waals surface area contributed by atoms with E-state index in [-0.39, 0.29) is 18.4 Å². The van der Waals surface area contributed by atoms with Crippen LogP contribution in [0.1, 0.15) is 22.9 Å². The quantitative estimate of drug-likeness (QED) is 0.483. The van der Waals surface area contributed by atoms with Crippen molar-refractivity contribution in [1.29, 1.82) is 0 Å². The molecule has 1 amide bonds. The van der Waals surface area contributed by atoms with Gasteiger partial charge in [0.05, 0.1) is 23.9 Å². The second-order valence-corrected chi connectivity index (χ2v) is 7.61. The van der Waals surface area contributed by atoms with Gasteiger partial charge in [-0.25, -0.2) is 4.98 Å². The molecule has 4 aromatic rings. The molecule has 2 heterocycles. The maximum Gasteiger partial charge on any atom is 0.226 e. The Kier molecular flexibility index (Phi) is 6.07. The smallest absolute Gasteiger partial charge is 0.226 e.